The number of ether oxygens (including phenoxy) is 1. The number of carbonyl (C=O) groups is 2. The Labute approximate surface area is 198 Å². The van der Waals surface area contributed by atoms with E-state index in [9.17, 15) is 14.0 Å². The first-order valence-corrected chi connectivity index (χ1v) is 11.0. The Morgan fingerprint density at radius 2 is 1.78 bits per heavy atom. The lowest BCUT2D eigenvalue weighted by molar-refractivity contribution is -0.132. The van der Waals surface area contributed by atoms with Crippen LogP contribution in [0.25, 0.3) is 17.0 Å². The Balaban J connectivity index is 1.68. The van der Waals surface area contributed by atoms with Gasteiger partial charge in [0.25, 0.3) is 11.8 Å². The van der Waals surface area contributed by atoms with Crippen LogP contribution in [0.3, 0.4) is 0 Å². The number of halogens is 2. The van der Waals surface area contributed by atoms with Gasteiger partial charge in [-0.15, -0.1) is 0 Å². The minimum Gasteiger partial charge on any atom is -0.489 e. The van der Waals surface area contributed by atoms with Gasteiger partial charge in [0.05, 0.1) is 6.54 Å². The highest BCUT2D eigenvalue weighted by molar-refractivity contribution is 9.10. The van der Waals surface area contributed by atoms with Gasteiger partial charge in [-0.05, 0) is 48.6 Å². The van der Waals surface area contributed by atoms with Crippen LogP contribution in [-0.2, 0) is 16.1 Å². The molecular formula is C23H19BrFN3O3S. The summed E-state index contributed by atoms with van der Waals surface area (Å²) in [5.74, 6) is -1.12. The summed E-state index contributed by atoms with van der Waals surface area (Å²) >= 11 is 8.63. The number of benzene rings is 2. The normalized spacial score (nSPS) is 14.5. The van der Waals surface area contributed by atoms with E-state index in [1.54, 1.807) is 38.4 Å². The topological polar surface area (TPSA) is 54.8 Å². The number of para-hydroxylation sites is 1. The van der Waals surface area contributed by atoms with E-state index in [0.717, 1.165) is 15.4 Å². The van der Waals surface area contributed by atoms with Gasteiger partial charge in [-0.1, -0.05) is 28.1 Å². The molecule has 1 aliphatic heterocycles. The molecule has 2 heterocycles. The van der Waals surface area contributed by atoms with Crippen LogP contribution in [0.5, 0.6) is 5.75 Å². The van der Waals surface area contributed by atoms with Crippen molar-refractivity contribution in [2.75, 3.05) is 20.7 Å². The molecule has 0 atom stereocenters. The Hall–Kier alpha value is -3.04. The molecule has 1 aliphatic rings. The summed E-state index contributed by atoms with van der Waals surface area (Å²) < 4.78 is 22.2. The zero-order valence-electron chi connectivity index (χ0n) is 17.3. The SMILES string of the molecule is CN1C(=O)C(=Cc2cn(CCOc3ccccc3F)c3ccc(Br)cc23)C(=O)N(C)C1=S. The summed E-state index contributed by atoms with van der Waals surface area (Å²) in [5.41, 5.74) is 1.63. The van der Waals surface area contributed by atoms with E-state index >= 15 is 0 Å². The van der Waals surface area contributed by atoms with Crippen molar-refractivity contribution in [3.8, 4) is 5.75 Å². The van der Waals surface area contributed by atoms with E-state index in [1.165, 1.54) is 15.9 Å². The van der Waals surface area contributed by atoms with Gasteiger partial charge in [0, 0.05) is 41.2 Å². The standard InChI is InChI=1S/C23H19BrFN3O3S/c1-26-21(29)17(22(30)27(2)23(26)32)11-14-13-28(19-8-7-15(24)12-16(14)19)9-10-31-20-6-4-3-5-18(20)25/h3-8,11-13H,9-10H2,1-2H3. The first kappa shape index (κ1) is 22.2. The van der Waals surface area contributed by atoms with Gasteiger partial charge in [0.1, 0.15) is 12.2 Å². The first-order chi connectivity index (χ1) is 15.3. The third-order valence-corrected chi connectivity index (χ3v) is 6.29. The molecule has 9 heteroatoms. The van der Waals surface area contributed by atoms with E-state index in [-0.39, 0.29) is 23.0 Å². The zero-order chi connectivity index (χ0) is 23.0. The fourth-order valence-electron chi connectivity index (χ4n) is 3.54. The molecule has 1 fully saturated rings. The van der Waals surface area contributed by atoms with E-state index in [2.05, 4.69) is 15.9 Å². The van der Waals surface area contributed by atoms with Gasteiger partial charge in [0.2, 0.25) is 0 Å². The summed E-state index contributed by atoms with van der Waals surface area (Å²) in [6.45, 7) is 0.690. The fraction of sp³-hybridized carbons (Fsp3) is 0.174. The summed E-state index contributed by atoms with van der Waals surface area (Å²) in [6.07, 6.45) is 3.44. The Morgan fingerprint density at radius 3 is 2.47 bits per heavy atom. The molecule has 0 N–H and O–H groups in total. The number of aromatic nitrogens is 1. The maximum atomic E-state index is 13.8. The molecule has 0 aliphatic carbocycles. The number of thiocarbonyl (C=S) groups is 1. The molecule has 164 valence electrons. The van der Waals surface area contributed by atoms with Crippen molar-refractivity contribution in [3.63, 3.8) is 0 Å². The van der Waals surface area contributed by atoms with Gasteiger partial charge >= 0.3 is 0 Å². The molecule has 1 saturated heterocycles. The van der Waals surface area contributed by atoms with E-state index < -0.39 is 17.6 Å². The van der Waals surface area contributed by atoms with Crippen LogP contribution in [0.1, 0.15) is 5.56 Å². The molecule has 0 radical (unpaired) electrons. The number of rotatable bonds is 5. The van der Waals surface area contributed by atoms with Crippen molar-refractivity contribution in [3.05, 3.63) is 70.1 Å². The zero-order valence-corrected chi connectivity index (χ0v) is 19.7. The molecule has 0 bridgehead atoms. The molecule has 2 amide bonds. The van der Waals surface area contributed by atoms with Crippen LogP contribution in [0.2, 0.25) is 0 Å². The van der Waals surface area contributed by atoms with E-state index in [4.69, 9.17) is 17.0 Å². The molecule has 0 unspecified atom stereocenters. The minimum absolute atomic E-state index is 0.0326. The molecule has 6 nitrogen and oxygen atoms in total. The second-order valence-electron chi connectivity index (χ2n) is 7.29. The highest BCUT2D eigenvalue weighted by Crippen LogP contribution is 2.28. The van der Waals surface area contributed by atoms with Crippen LogP contribution in [0.4, 0.5) is 4.39 Å². The van der Waals surface area contributed by atoms with Crippen molar-refractivity contribution < 1.29 is 18.7 Å². The molecule has 32 heavy (non-hydrogen) atoms. The maximum absolute atomic E-state index is 13.8. The lowest BCUT2D eigenvalue weighted by Gasteiger charge is -2.31. The van der Waals surface area contributed by atoms with Crippen LogP contribution in [0.15, 0.2) is 58.7 Å². The molecule has 3 aromatic rings. The lowest BCUT2D eigenvalue weighted by Crippen LogP contribution is -2.52. The van der Waals surface area contributed by atoms with Gasteiger partial charge in [-0.25, -0.2) is 4.39 Å². The second-order valence-corrected chi connectivity index (χ2v) is 8.57. The molecule has 1 aromatic heterocycles. The third-order valence-electron chi connectivity index (χ3n) is 5.24. The third kappa shape index (κ3) is 4.05. The number of amides is 2. The highest BCUT2D eigenvalue weighted by atomic mass is 79.9. The van der Waals surface area contributed by atoms with Crippen molar-refractivity contribution in [2.45, 2.75) is 6.54 Å². The van der Waals surface area contributed by atoms with Gasteiger partial charge < -0.3 is 9.30 Å². The Morgan fingerprint density at radius 1 is 1.09 bits per heavy atom. The van der Waals surface area contributed by atoms with Crippen LogP contribution < -0.4 is 4.74 Å². The molecule has 0 spiro atoms. The molecule has 4 rings (SSSR count). The van der Waals surface area contributed by atoms with Gasteiger partial charge in [0.15, 0.2) is 16.7 Å². The van der Waals surface area contributed by atoms with Crippen LogP contribution in [-0.4, -0.2) is 52.0 Å². The Kier molecular flexibility index (Phi) is 6.12. The number of nitrogens with zero attached hydrogens (tertiary/aromatic N) is 3. The predicted octanol–water partition coefficient (Wildman–Crippen LogP) is 4.22. The Bertz CT molecular complexity index is 1260. The number of hydrogen-bond donors (Lipinski definition) is 0. The van der Waals surface area contributed by atoms with Gasteiger partial charge in [-0.2, -0.15) is 0 Å². The smallest absolute Gasteiger partial charge is 0.265 e. The van der Waals surface area contributed by atoms with E-state index in [1.807, 2.05) is 29.0 Å². The lowest BCUT2D eigenvalue weighted by atomic mass is 10.1. The molecular weight excluding hydrogens is 497 g/mol. The van der Waals surface area contributed by atoms with Crippen LogP contribution in [0, 0.1) is 5.82 Å². The predicted molar refractivity (Wildman–Crippen MR) is 128 cm³/mol. The van der Waals surface area contributed by atoms with Crippen molar-refractivity contribution in [1.29, 1.82) is 0 Å². The van der Waals surface area contributed by atoms with Crippen molar-refractivity contribution >= 4 is 62.1 Å². The molecule has 0 saturated carbocycles. The average Bonchev–Trinajstić information content (AvgIpc) is 3.11. The summed E-state index contributed by atoms with van der Waals surface area (Å²) in [5, 5.41) is 1.02. The van der Waals surface area contributed by atoms with E-state index in [0.29, 0.717) is 12.1 Å². The summed E-state index contributed by atoms with van der Waals surface area (Å²) in [7, 11) is 3.09. The average molecular weight is 516 g/mol. The highest BCUT2D eigenvalue weighted by Gasteiger charge is 2.35. The minimum atomic E-state index is -0.447. The summed E-state index contributed by atoms with van der Waals surface area (Å²) in [4.78, 5) is 28.0. The number of fused-ring (bicyclic) bond motifs is 1. The first-order valence-electron chi connectivity index (χ1n) is 9.75. The number of likely N-dealkylation sites (N-methyl/N-ethyl adjacent to an activating group) is 2. The fourth-order valence-corrected chi connectivity index (χ4v) is 4.07. The quantitative estimate of drug-likeness (QED) is 0.290. The number of hydrogen-bond acceptors (Lipinski definition) is 4. The van der Waals surface area contributed by atoms with Crippen molar-refractivity contribution in [2.24, 2.45) is 0 Å². The second kappa shape index (κ2) is 8.84. The summed E-state index contributed by atoms with van der Waals surface area (Å²) in [6, 6.07) is 12.0. The number of carbonyl (C=O) groups excluding carboxylic acids is 2. The monoisotopic (exact) mass is 515 g/mol. The maximum Gasteiger partial charge on any atom is 0.265 e. The molecule has 2 aromatic carbocycles. The van der Waals surface area contributed by atoms with Crippen molar-refractivity contribution in [1.82, 2.24) is 14.4 Å². The largest absolute Gasteiger partial charge is 0.489 e. The van der Waals surface area contributed by atoms with Gasteiger partial charge in [-0.3, -0.25) is 19.4 Å². The van der Waals surface area contributed by atoms with Crippen LogP contribution >= 0.6 is 28.1 Å².